The van der Waals surface area contributed by atoms with Crippen LogP contribution in [0, 0.1) is 0 Å². The van der Waals surface area contributed by atoms with Crippen LogP contribution in [0.1, 0.15) is 16.1 Å². The van der Waals surface area contributed by atoms with E-state index in [4.69, 9.17) is 0 Å². The van der Waals surface area contributed by atoms with Gasteiger partial charge in [0.1, 0.15) is 0 Å². The second-order valence-electron chi connectivity index (χ2n) is 4.51. The molecule has 0 aliphatic carbocycles. The molecule has 1 heterocycles. The molecule has 3 rings (SSSR count). The van der Waals surface area contributed by atoms with Crippen LogP contribution in [-0.4, -0.2) is 10.8 Å². The number of ketones is 1. The Morgan fingerprint density at radius 3 is 2.50 bits per heavy atom. The van der Waals surface area contributed by atoms with E-state index in [1.165, 1.54) is 0 Å². The topological polar surface area (TPSA) is 30.0 Å². The van der Waals surface area contributed by atoms with Crippen molar-refractivity contribution in [3.8, 4) is 0 Å². The largest absolute Gasteiger partial charge is 0.289 e. The Kier molecular flexibility index (Phi) is 3.38. The van der Waals surface area contributed by atoms with Gasteiger partial charge in [-0.15, -0.1) is 0 Å². The van der Waals surface area contributed by atoms with Gasteiger partial charge in [0, 0.05) is 11.8 Å². The molecule has 20 heavy (non-hydrogen) atoms. The molecule has 0 amide bonds. The monoisotopic (exact) mass is 259 g/mol. The van der Waals surface area contributed by atoms with Gasteiger partial charge in [0.2, 0.25) is 0 Å². The first kappa shape index (κ1) is 12.3. The van der Waals surface area contributed by atoms with Crippen LogP contribution >= 0.6 is 0 Å². The third-order valence-corrected chi connectivity index (χ3v) is 3.13. The third-order valence-electron chi connectivity index (χ3n) is 3.13. The molecule has 0 spiro atoms. The zero-order valence-electron chi connectivity index (χ0n) is 10.9. The van der Waals surface area contributed by atoms with Crippen molar-refractivity contribution in [2.75, 3.05) is 0 Å². The predicted molar refractivity (Wildman–Crippen MR) is 81.5 cm³/mol. The van der Waals surface area contributed by atoms with Gasteiger partial charge in [-0.3, -0.25) is 9.78 Å². The zero-order valence-corrected chi connectivity index (χ0v) is 10.9. The Labute approximate surface area is 117 Å². The Balaban J connectivity index is 1.87. The number of carbonyl (C=O) groups excluding carboxylic acids is 1. The molecule has 2 nitrogen and oxygen atoms in total. The standard InChI is InChI=1S/C18H13NO/c20-18(11-10-17-7-3-4-12-19-17)16-9-8-14-5-1-2-6-15(14)13-16/h1-13H. The van der Waals surface area contributed by atoms with Crippen LogP contribution in [0.5, 0.6) is 0 Å². The number of benzene rings is 2. The van der Waals surface area contributed by atoms with Gasteiger partial charge in [-0.25, -0.2) is 0 Å². The number of aromatic nitrogens is 1. The molecule has 0 atom stereocenters. The van der Waals surface area contributed by atoms with Crippen LogP contribution in [0.3, 0.4) is 0 Å². The molecule has 0 fully saturated rings. The summed E-state index contributed by atoms with van der Waals surface area (Å²) in [7, 11) is 0. The smallest absolute Gasteiger partial charge is 0.185 e. The minimum Gasteiger partial charge on any atom is -0.289 e. The van der Waals surface area contributed by atoms with Crippen LogP contribution in [0.25, 0.3) is 16.8 Å². The van der Waals surface area contributed by atoms with Crippen molar-refractivity contribution in [2.24, 2.45) is 0 Å². The van der Waals surface area contributed by atoms with E-state index in [2.05, 4.69) is 4.98 Å². The van der Waals surface area contributed by atoms with Gasteiger partial charge < -0.3 is 0 Å². The molecule has 96 valence electrons. The number of fused-ring (bicyclic) bond motifs is 1. The lowest BCUT2D eigenvalue weighted by Gasteiger charge is -2.00. The number of pyridine rings is 1. The van der Waals surface area contributed by atoms with Crippen molar-refractivity contribution in [3.05, 3.63) is 84.2 Å². The first-order valence-corrected chi connectivity index (χ1v) is 6.45. The summed E-state index contributed by atoms with van der Waals surface area (Å²) in [5.41, 5.74) is 1.47. The molecule has 0 bridgehead atoms. The van der Waals surface area contributed by atoms with E-state index >= 15 is 0 Å². The van der Waals surface area contributed by atoms with E-state index in [1.807, 2.05) is 60.7 Å². The Morgan fingerprint density at radius 2 is 1.70 bits per heavy atom. The number of rotatable bonds is 3. The predicted octanol–water partition coefficient (Wildman–Crippen LogP) is 4.13. The normalized spacial score (nSPS) is 11.0. The van der Waals surface area contributed by atoms with E-state index in [0.717, 1.165) is 16.5 Å². The first-order chi connectivity index (χ1) is 9.83. The number of hydrogen-bond acceptors (Lipinski definition) is 2. The minimum absolute atomic E-state index is 0.0126. The zero-order chi connectivity index (χ0) is 13.8. The number of allylic oxidation sites excluding steroid dienone is 1. The van der Waals surface area contributed by atoms with Crippen molar-refractivity contribution in [2.45, 2.75) is 0 Å². The molecule has 0 aliphatic rings. The highest BCUT2D eigenvalue weighted by Gasteiger charge is 2.02. The summed E-state index contributed by atoms with van der Waals surface area (Å²) in [6, 6.07) is 19.4. The molecule has 0 unspecified atom stereocenters. The van der Waals surface area contributed by atoms with Gasteiger partial charge in [0.05, 0.1) is 5.69 Å². The maximum absolute atomic E-state index is 12.1. The highest BCUT2D eigenvalue weighted by Crippen LogP contribution is 2.16. The summed E-state index contributed by atoms with van der Waals surface area (Å²) in [6.07, 6.45) is 5.00. The maximum atomic E-state index is 12.1. The fourth-order valence-electron chi connectivity index (χ4n) is 2.07. The van der Waals surface area contributed by atoms with Crippen molar-refractivity contribution in [1.82, 2.24) is 4.98 Å². The summed E-state index contributed by atoms with van der Waals surface area (Å²) >= 11 is 0. The molecule has 1 aromatic heterocycles. The van der Waals surface area contributed by atoms with Gasteiger partial charge in [-0.2, -0.15) is 0 Å². The van der Waals surface area contributed by atoms with E-state index in [9.17, 15) is 4.79 Å². The van der Waals surface area contributed by atoms with Gasteiger partial charge in [0.15, 0.2) is 5.78 Å². The fourth-order valence-corrected chi connectivity index (χ4v) is 2.07. The van der Waals surface area contributed by atoms with Crippen LogP contribution < -0.4 is 0 Å². The minimum atomic E-state index is -0.0126. The molecular weight excluding hydrogens is 246 g/mol. The van der Waals surface area contributed by atoms with Crippen molar-refractivity contribution in [1.29, 1.82) is 0 Å². The van der Waals surface area contributed by atoms with E-state index in [1.54, 1.807) is 18.3 Å². The molecule has 0 N–H and O–H groups in total. The summed E-state index contributed by atoms with van der Waals surface area (Å²) in [4.78, 5) is 16.3. The van der Waals surface area contributed by atoms with E-state index in [-0.39, 0.29) is 5.78 Å². The Morgan fingerprint density at radius 1 is 0.900 bits per heavy atom. The average molecular weight is 259 g/mol. The second-order valence-corrected chi connectivity index (χ2v) is 4.51. The highest BCUT2D eigenvalue weighted by atomic mass is 16.1. The van der Waals surface area contributed by atoms with Crippen LogP contribution in [0.2, 0.25) is 0 Å². The second kappa shape index (κ2) is 5.49. The van der Waals surface area contributed by atoms with E-state index < -0.39 is 0 Å². The fraction of sp³-hybridized carbons (Fsp3) is 0. The third kappa shape index (κ3) is 2.64. The number of nitrogens with zero attached hydrogens (tertiary/aromatic N) is 1. The van der Waals surface area contributed by atoms with Gasteiger partial charge >= 0.3 is 0 Å². The highest BCUT2D eigenvalue weighted by molar-refractivity contribution is 6.08. The number of hydrogen-bond donors (Lipinski definition) is 0. The summed E-state index contributed by atoms with van der Waals surface area (Å²) < 4.78 is 0. The average Bonchev–Trinajstić information content (AvgIpc) is 2.53. The van der Waals surface area contributed by atoms with Crippen molar-refractivity contribution < 1.29 is 4.79 Å². The molecule has 0 saturated heterocycles. The molecule has 0 aliphatic heterocycles. The van der Waals surface area contributed by atoms with Crippen LogP contribution in [-0.2, 0) is 0 Å². The van der Waals surface area contributed by atoms with Crippen molar-refractivity contribution >= 4 is 22.6 Å². The van der Waals surface area contributed by atoms with Gasteiger partial charge in [-0.05, 0) is 41.1 Å². The molecule has 2 aromatic carbocycles. The molecule has 2 heteroatoms. The van der Waals surface area contributed by atoms with E-state index in [0.29, 0.717) is 5.56 Å². The summed E-state index contributed by atoms with van der Waals surface area (Å²) in [6.45, 7) is 0. The lowest BCUT2D eigenvalue weighted by atomic mass is 10.0. The van der Waals surface area contributed by atoms with Gasteiger partial charge in [0.25, 0.3) is 0 Å². The van der Waals surface area contributed by atoms with Crippen LogP contribution in [0.4, 0.5) is 0 Å². The summed E-state index contributed by atoms with van der Waals surface area (Å²) in [5.74, 6) is -0.0126. The quantitative estimate of drug-likeness (QED) is 0.523. The van der Waals surface area contributed by atoms with Gasteiger partial charge in [-0.1, -0.05) is 42.5 Å². The SMILES string of the molecule is O=C(C=Cc1ccccn1)c1ccc2ccccc2c1. The molecule has 0 radical (unpaired) electrons. The Bertz CT molecular complexity index is 776. The Hall–Kier alpha value is -2.74. The van der Waals surface area contributed by atoms with Crippen molar-refractivity contribution in [3.63, 3.8) is 0 Å². The lowest BCUT2D eigenvalue weighted by molar-refractivity contribution is 0.104. The molecular formula is C18H13NO. The van der Waals surface area contributed by atoms with Crippen LogP contribution in [0.15, 0.2) is 72.9 Å². The first-order valence-electron chi connectivity index (χ1n) is 6.45. The molecule has 3 aromatic rings. The maximum Gasteiger partial charge on any atom is 0.185 e. The molecule has 0 saturated carbocycles. The lowest BCUT2D eigenvalue weighted by Crippen LogP contribution is -1.94. The number of carbonyl (C=O) groups is 1. The summed E-state index contributed by atoms with van der Waals surface area (Å²) in [5, 5.41) is 2.21.